The summed E-state index contributed by atoms with van der Waals surface area (Å²) in [6.07, 6.45) is 10.3. The van der Waals surface area contributed by atoms with Crippen molar-refractivity contribution in [3.05, 3.63) is 126 Å². The lowest BCUT2D eigenvalue weighted by Gasteiger charge is -2.09. The van der Waals surface area contributed by atoms with Crippen LogP contribution in [0.5, 0.6) is 0 Å². The second kappa shape index (κ2) is 14.0. The van der Waals surface area contributed by atoms with Crippen molar-refractivity contribution in [2.75, 3.05) is 0 Å². The molecule has 0 bridgehead atoms. The minimum atomic E-state index is 1.17. The van der Waals surface area contributed by atoms with Crippen LogP contribution in [0.4, 0.5) is 0 Å². The minimum absolute atomic E-state index is 1.17. The normalized spacial score (nSPS) is 12.0. The number of hydrogen-bond donors (Lipinski definition) is 0. The van der Waals surface area contributed by atoms with Crippen LogP contribution in [0.15, 0.2) is 110 Å². The molecule has 0 amide bonds. The van der Waals surface area contributed by atoms with Gasteiger partial charge in [-0.15, -0.1) is 0 Å². The predicted octanol–water partition coefficient (Wildman–Crippen LogP) is 9.08. The predicted molar refractivity (Wildman–Crippen MR) is 135 cm³/mol. The summed E-state index contributed by atoms with van der Waals surface area (Å²) < 4.78 is 0. The number of hydrogen-bond acceptors (Lipinski definition) is 0. The minimum Gasteiger partial charge on any atom is -0.0985 e. The molecule has 0 spiro atoms. The molecule has 1 fully saturated rings. The fourth-order valence-electron chi connectivity index (χ4n) is 3.58. The molecule has 0 radical (unpaired) electrons. The fourth-order valence-corrected chi connectivity index (χ4v) is 3.58. The Balaban J connectivity index is 0.000000172. The summed E-state index contributed by atoms with van der Waals surface area (Å²) in [7, 11) is 0. The molecule has 0 aromatic heterocycles. The van der Waals surface area contributed by atoms with Crippen molar-refractivity contribution in [3.8, 4) is 0 Å². The van der Waals surface area contributed by atoms with E-state index in [2.05, 4.69) is 50.4 Å². The molecular formula is C30H34. The maximum atomic E-state index is 3.63. The lowest BCUT2D eigenvalue weighted by atomic mass is 9.97. The van der Waals surface area contributed by atoms with E-state index in [1.165, 1.54) is 48.8 Å². The van der Waals surface area contributed by atoms with Crippen LogP contribution in [0.2, 0.25) is 0 Å². The molecule has 1 aliphatic rings. The third kappa shape index (κ3) is 8.09. The zero-order chi connectivity index (χ0) is 21.4. The standard InChI is InChI=1S/C14H18.2C8H8/c1-2-14(13-10-6-7-11-13)12-8-4-3-5-9-12;2*1-2-8-6-4-3-5-7-8/h3-5,8-9H,2,6-7,10-11H2,1H3;2*2-7H,1H2. The molecule has 30 heavy (non-hydrogen) atoms. The second-order valence-electron chi connectivity index (χ2n) is 7.24. The van der Waals surface area contributed by atoms with E-state index in [9.17, 15) is 0 Å². The first kappa shape index (κ1) is 23.2. The van der Waals surface area contributed by atoms with Gasteiger partial charge in [0, 0.05) is 0 Å². The lowest BCUT2D eigenvalue weighted by Crippen LogP contribution is -1.87. The highest BCUT2D eigenvalue weighted by Gasteiger charge is 2.12. The van der Waals surface area contributed by atoms with Crippen LogP contribution < -0.4 is 0 Å². The smallest absolute Gasteiger partial charge is 0.0225 e. The van der Waals surface area contributed by atoms with Gasteiger partial charge in [0.25, 0.3) is 0 Å². The zero-order valence-electron chi connectivity index (χ0n) is 18.3. The van der Waals surface area contributed by atoms with Gasteiger partial charge < -0.3 is 0 Å². The molecular weight excluding hydrogens is 360 g/mol. The number of benzene rings is 3. The van der Waals surface area contributed by atoms with Gasteiger partial charge in [-0.25, -0.2) is 0 Å². The van der Waals surface area contributed by atoms with Crippen molar-refractivity contribution in [1.82, 2.24) is 0 Å². The average molecular weight is 395 g/mol. The molecule has 3 aromatic carbocycles. The van der Waals surface area contributed by atoms with Crippen LogP contribution in [0.25, 0.3) is 17.7 Å². The molecule has 4 rings (SSSR count). The Kier molecular flexibility index (Phi) is 10.8. The van der Waals surface area contributed by atoms with Gasteiger partial charge in [0.2, 0.25) is 0 Å². The summed E-state index contributed by atoms with van der Waals surface area (Å²) in [5.74, 6) is 0. The Hall–Kier alpha value is -3.12. The average Bonchev–Trinajstić information content (AvgIpc) is 3.37. The van der Waals surface area contributed by atoms with Gasteiger partial charge in [-0.2, -0.15) is 0 Å². The topological polar surface area (TPSA) is 0 Å². The van der Waals surface area contributed by atoms with Crippen molar-refractivity contribution in [2.24, 2.45) is 0 Å². The highest BCUT2D eigenvalue weighted by molar-refractivity contribution is 5.68. The van der Waals surface area contributed by atoms with Gasteiger partial charge in [0.05, 0.1) is 0 Å². The summed E-state index contributed by atoms with van der Waals surface area (Å²) in [5, 5.41) is 0. The Morgan fingerprint density at radius 2 is 1.07 bits per heavy atom. The first-order chi connectivity index (χ1) is 14.8. The monoisotopic (exact) mass is 394 g/mol. The van der Waals surface area contributed by atoms with Crippen LogP contribution in [0, 0.1) is 0 Å². The summed E-state index contributed by atoms with van der Waals surface area (Å²) in [6, 6.07) is 30.9. The zero-order valence-corrected chi connectivity index (χ0v) is 18.3. The number of allylic oxidation sites excluding steroid dienone is 2. The highest BCUT2D eigenvalue weighted by Crippen LogP contribution is 2.33. The first-order valence-electron chi connectivity index (χ1n) is 10.9. The van der Waals surface area contributed by atoms with Gasteiger partial charge in [-0.05, 0) is 54.4 Å². The summed E-state index contributed by atoms with van der Waals surface area (Å²) in [5.41, 5.74) is 7.09. The van der Waals surface area contributed by atoms with Crippen LogP contribution in [0.1, 0.15) is 55.7 Å². The molecule has 3 aromatic rings. The molecule has 0 heteroatoms. The molecule has 0 aliphatic heterocycles. The largest absolute Gasteiger partial charge is 0.0985 e. The molecule has 0 N–H and O–H groups in total. The third-order valence-electron chi connectivity index (χ3n) is 5.18. The van der Waals surface area contributed by atoms with Gasteiger partial charge in [-0.1, -0.05) is 129 Å². The van der Waals surface area contributed by atoms with E-state index >= 15 is 0 Å². The van der Waals surface area contributed by atoms with Crippen LogP contribution >= 0.6 is 0 Å². The molecule has 0 atom stereocenters. The van der Waals surface area contributed by atoms with Crippen molar-refractivity contribution in [1.29, 1.82) is 0 Å². The second-order valence-corrected chi connectivity index (χ2v) is 7.24. The van der Waals surface area contributed by atoms with E-state index in [0.717, 1.165) is 0 Å². The van der Waals surface area contributed by atoms with Gasteiger partial charge in [0.1, 0.15) is 0 Å². The van der Waals surface area contributed by atoms with Crippen LogP contribution in [-0.2, 0) is 0 Å². The summed E-state index contributed by atoms with van der Waals surface area (Å²) >= 11 is 0. The quantitative estimate of drug-likeness (QED) is 0.414. The molecule has 0 nitrogen and oxygen atoms in total. The van der Waals surface area contributed by atoms with E-state index < -0.39 is 0 Å². The van der Waals surface area contributed by atoms with E-state index in [0.29, 0.717) is 0 Å². The highest BCUT2D eigenvalue weighted by atomic mass is 14.2. The SMILES string of the molecule is C=Cc1ccccc1.C=Cc1ccccc1.CCC(=C1CCCC1)c1ccccc1. The Morgan fingerprint density at radius 1 is 0.667 bits per heavy atom. The molecule has 1 saturated carbocycles. The van der Waals surface area contributed by atoms with Gasteiger partial charge in [-0.3, -0.25) is 0 Å². The Bertz CT molecular complexity index is 835. The van der Waals surface area contributed by atoms with E-state index in [4.69, 9.17) is 0 Å². The van der Waals surface area contributed by atoms with E-state index in [1.807, 2.05) is 72.8 Å². The molecule has 0 heterocycles. The maximum absolute atomic E-state index is 3.63. The van der Waals surface area contributed by atoms with Crippen molar-refractivity contribution in [2.45, 2.75) is 39.0 Å². The van der Waals surface area contributed by atoms with Gasteiger partial charge >= 0.3 is 0 Å². The maximum Gasteiger partial charge on any atom is -0.0225 e. The molecule has 0 unspecified atom stereocenters. The Morgan fingerprint density at radius 3 is 1.40 bits per heavy atom. The Labute approximate surface area is 183 Å². The van der Waals surface area contributed by atoms with E-state index in [1.54, 1.807) is 11.1 Å². The molecule has 154 valence electrons. The lowest BCUT2D eigenvalue weighted by molar-refractivity contribution is 0.886. The molecule has 0 saturated heterocycles. The van der Waals surface area contributed by atoms with Crippen LogP contribution in [0.3, 0.4) is 0 Å². The van der Waals surface area contributed by atoms with E-state index in [-0.39, 0.29) is 0 Å². The fraction of sp³-hybridized carbons (Fsp3) is 0.200. The van der Waals surface area contributed by atoms with Crippen molar-refractivity contribution in [3.63, 3.8) is 0 Å². The molecule has 1 aliphatic carbocycles. The van der Waals surface area contributed by atoms with Crippen molar-refractivity contribution < 1.29 is 0 Å². The van der Waals surface area contributed by atoms with Gasteiger partial charge in [0.15, 0.2) is 0 Å². The first-order valence-corrected chi connectivity index (χ1v) is 10.9. The van der Waals surface area contributed by atoms with Crippen molar-refractivity contribution >= 4 is 17.7 Å². The number of rotatable bonds is 4. The third-order valence-corrected chi connectivity index (χ3v) is 5.18. The summed E-state index contributed by atoms with van der Waals surface area (Å²) in [6.45, 7) is 9.53. The summed E-state index contributed by atoms with van der Waals surface area (Å²) in [4.78, 5) is 0. The van der Waals surface area contributed by atoms with Crippen LogP contribution in [-0.4, -0.2) is 0 Å².